The first kappa shape index (κ1) is 13.2. The molecule has 104 valence electrons. The first-order valence-corrected chi connectivity index (χ1v) is 7.38. The molecule has 19 heavy (non-hydrogen) atoms. The number of hydrogen-bond donors (Lipinski definition) is 1. The van der Waals surface area contributed by atoms with Crippen LogP contribution in [0.4, 0.5) is 0 Å². The second-order valence-electron chi connectivity index (χ2n) is 5.04. The van der Waals surface area contributed by atoms with Crippen LogP contribution in [0, 0.1) is 5.92 Å². The van der Waals surface area contributed by atoms with E-state index >= 15 is 0 Å². The van der Waals surface area contributed by atoms with Crippen molar-refractivity contribution in [2.24, 2.45) is 5.92 Å². The molecule has 1 aromatic carbocycles. The van der Waals surface area contributed by atoms with Crippen LogP contribution in [0.15, 0.2) is 16.6 Å². The molecule has 5 heteroatoms. The first-order valence-electron chi connectivity index (χ1n) is 6.59. The Balaban J connectivity index is 1.72. The molecule has 0 saturated carbocycles. The normalized spacial score (nSPS) is 20.5. The van der Waals surface area contributed by atoms with Crippen LogP contribution >= 0.6 is 15.9 Å². The Kier molecular flexibility index (Phi) is 3.96. The van der Waals surface area contributed by atoms with Crippen molar-refractivity contribution in [2.75, 3.05) is 20.0 Å². The number of benzene rings is 1. The number of rotatable bonds is 3. The van der Waals surface area contributed by atoms with Crippen molar-refractivity contribution in [3.8, 4) is 11.5 Å². The van der Waals surface area contributed by atoms with Gasteiger partial charge in [0.05, 0.1) is 10.6 Å². The Labute approximate surface area is 120 Å². The average Bonchev–Trinajstić information content (AvgIpc) is 2.88. The second-order valence-corrected chi connectivity index (χ2v) is 5.90. The third-order valence-electron chi connectivity index (χ3n) is 3.73. The monoisotopic (exact) mass is 328 g/mol. The van der Waals surface area contributed by atoms with Gasteiger partial charge in [0.1, 0.15) is 0 Å². The lowest BCUT2D eigenvalue weighted by Crippen LogP contribution is -2.18. The van der Waals surface area contributed by atoms with Crippen LogP contribution in [0.3, 0.4) is 0 Å². The Bertz CT molecular complexity index is 457. The molecule has 1 unspecified atom stereocenters. The van der Waals surface area contributed by atoms with Gasteiger partial charge in [0, 0.05) is 13.2 Å². The van der Waals surface area contributed by atoms with Gasteiger partial charge < -0.3 is 19.3 Å². The SMILES string of the molecule is OC(CC1CCOCC1)c1cc(Br)c2c(c1)OCO2. The van der Waals surface area contributed by atoms with Crippen LogP contribution in [0.5, 0.6) is 11.5 Å². The predicted octanol–water partition coefficient (Wildman–Crippen LogP) is 3.03. The molecule has 2 aliphatic heterocycles. The predicted molar refractivity (Wildman–Crippen MR) is 73.4 cm³/mol. The topological polar surface area (TPSA) is 47.9 Å². The van der Waals surface area contributed by atoms with E-state index in [0.717, 1.165) is 48.3 Å². The maximum Gasteiger partial charge on any atom is 0.231 e. The molecule has 1 N–H and O–H groups in total. The summed E-state index contributed by atoms with van der Waals surface area (Å²) in [7, 11) is 0. The Morgan fingerprint density at radius 2 is 2.05 bits per heavy atom. The van der Waals surface area contributed by atoms with E-state index in [-0.39, 0.29) is 6.79 Å². The molecule has 0 aromatic heterocycles. The fourth-order valence-corrected chi connectivity index (χ4v) is 3.19. The van der Waals surface area contributed by atoms with Crippen molar-refractivity contribution < 1.29 is 19.3 Å². The van der Waals surface area contributed by atoms with Crippen molar-refractivity contribution >= 4 is 15.9 Å². The van der Waals surface area contributed by atoms with Crippen molar-refractivity contribution in [3.05, 3.63) is 22.2 Å². The minimum absolute atomic E-state index is 0.243. The summed E-state index contributed by atoms with van der Waals surface area (Å²) in [4.78, 5) is 0. The fourth-order valence-electron chi connectivity index (χ4n) is 2.61. The highest BCUT2D eigenvalue weighted by Crippen LogP contribution is 2.42. The molecule has 0 bridgehead atoms. The zero-order valence-corrected chi connectivity index (χ0v) is 12.2. The number of halogens is 1. The van der Waals surface area contributed by atoms with Crippen LogP contribution in [-0.2, 0) is 4.74 Å². The minimum Gasteiger partial charge on any atom is -0.454 e. The number of ether oxygens (including phenoxy) is 3. The van der Waals surface area contributed by atoms with E-state index in [1.165, 1.54) is 0 Å². The van der Waals surface area contributed by atoms with Gasteiger partial charge in [-0.3, -0.25) is 0 Å². The summed E-state index contributed by atoms with van der Waals surface area (Å²) in [6.45, 7) is 1.86. The summed E-state index contributed by atoms with van der Waals surface area (Å²) in [5.41, 5.74) is 0.877. The Hall–Kier alpha value is -0.780. The summed E-state index contributed by atoms with van der Waals surface area (Å²) in [5, 5.41) is 10.4. The van der Waals surface area contributed by atoms with Crippen LogP contribution in [-0.4, -0.2) is 25.1 Å². The van der Waals surface area contributed by atoms with E-state index in [1.807, 2.05) is 12.1 Å². The second kappa shape index (κ2) is 5.69. The highest BCUT2D eigenvalue weighted by atomic mass is 79.9. The Morgan fingerprint density at radius 3 is 2.84 bits per heavy atom. The van der Waals surface area contributed by atoms with Crippen molar-refractivity contribution in [3.63, 3.8) is 0 Å². The van der Waals surface area contributed by atoms with E-state index in [4.69, 9.17) is 14.2 Å². The van der Waals surface area contributed by atoms with E-state index in [2.05, 4.69) is 15.9 Å². The number of fused-ring (bicyclic) bond motifs is 1. The van der Waals surface area contributed by atoms with Crippen molar-refractivity contribution in [1.29, 1.82) is 0 Å². The van der Waals surface area contributed by atoms with E-state index in [9.17, 15) is 5.11 Å². The van der Waals surface area contributed by atoms with Crippen LogP contribution in [0.25, 0.3) is 0 Å². The summed E-state index contributed by atoms with van der Waals surface area (Å²) < 4.78 is 16.9. The van der Waals surface area contributed by atoms with Crippen LogP contribution < -0.4 is 9.47 Å². The van der Waals surface area contributed by atoms with Crippen molar-refractivity contribution in [1.82, 2.24) is 0 Å². The molecule has 0 spiro atoms. The van der Waals surface area contributed by atoms with Gasteiger partial charge in [-0.25, -0.2) is 0 Å². The molecule has 1 aromatic rings. The van der Waals surface area contributed by atoms with Gasteiger partial charge in [-0.1, -0.05) is 0 Å². The molecule has 1 fully saturated rings. The van der Waals surface area contributed by atoms with Gasteiger partial charge in [0.2, 0.25) is 6.79 Å². The molecule has 2 aliphatic rings. The summed E-state index contributed by atoms with van der Waals surface area (Å²) in [6, 6.07) is 3.79. The van der Waals surface area contributed by atoms with E-state index in [1.54, 1.807) is 0 Å². The third kappa shape index (κ3) is 2.88. The van der Waals surface area contributed by atoms with Gasteiger partial charge in [0.15, 0.2) is 11.5 Å². The lowest BCUT2D eigenvalue weighted by atomic mass is 9.91. The molecule has 2 heterocycles. The third-order valence-corrected chi connectivity index (χ3v) is 4.32. The van der Waals surface area contributed by atoms with Gasteiger partial charge in [-0.05, 0) is 58.8 Å². The molecule has 0 radical (unpaired) electrons. The molecule has 1 saturated heterocycles. The molecule has 0 aliphatic carbocycles. The zero-order chi connectivity index (χ0) is 13.2. The first-order chi connectivity index (χ1) is 9.24. The van der Waals surface area contributed by atoms with E-state index < -0.39 is 6.10 Å². The lowest BCUT2D eigenvalue weighted by Gasteiger charge is -2.24. The van der Waals surface area contributed by atoms with Crippen LogP contribution in [0.2, 0.25) is 0 Å². The minimum atomic E-state index is -0.464. The van der Waals surface area contributed by atoms with Gasteiger partial charge in [-0.2, -0.15) is 0 Å². The highest BCUT2D eigenvalue weighted by molar-refractivity contribution is 9.10. The maximum absolute atomic E-state index is 10.4. The molecular weight excluding hydrogens is 312 g/mol. The molecule has 1 atom stereocenters. The molecule has 3 rings (SSSR count). The molecule has 0 amide bonds. The summed E-state index contributed by atoms with van der Waals surface area (Å²) in [5.74, 6) is 1.96. The van der Waals surface area contributed by atoms with E-state index in [0.29, 0.717) is 11.7 Å². The standard InChI is InChI=1S/C14H17BrO4/c15-11-6-10(7-13-14(11)19-8-18-13)12(16)5-9-1-3-17-4-2-9/h6-7,9,12,16H,1-5,8H2. The Morgan fingerprint density at radius 1 is 1.26 bits per heavy atom. The smallest absolute Gasteiger partial charge is 0.231 e. The number of aliphatic hydroxyl groups excluding tert-OH is 1. The summed E-state index contributed by atoms with van der Waals surface area (Å²) in [6.07, 6.45) is 2.37. The van der Waals surface area contributed by atoms with Gasteiger partial charge in [-0.15, -0.1) is 0 Å². The number of aliphatic hydroxyl groups is 1. The fraction of sp³-hybridized carbons (Fsp3) is 0.571. The lowest BCUT2D eigenvalue weighted by molar-refractivity contribution is 0.0434. The largest absolute Gasteiger partial charge is 0.454 e. The summed E-state index contributed by atoms with van der Waals surface area (Å²) >= 11 is 3.46. The average molecular weight is 329 g/mol. The number of hydrogen-bond acceptors (Lipinski definition) is 4. The van der Waals surface area contributed by atoms with Crippen molar-refractivity contribution in [2.45, 2.75) is 25.4 Å². The van der Waals surface area contributed by atoms with Gasteiger partial charge in [0.25, 0.3) is 0 Å². The molecule has 4 nitrogen and oxygen atoms in total. The van der Waals surface area contributed by atoms with Crippen LogP contribution in [0.1, 0.15) is 30.9 Å². The quantitative estimate of drug-likeness (QED) is 0.926. The van der Waals surface area contributed by atoms with Gasteiger partial charge >= 0.3 is 0 Å². The highest BCUT2D eigenvalue weighted by Gasteiger charge is 2.23. The zero-order valence-electron chi connectivity index (χ0n) is 10.6. The maximum atomic E-state index is 10.4. The molecular formula is C14H17BrO4.